The Kier molecular flexibility index (Phi) is 5.61. The molecule has 0 bridgehead atoms. The molecule has 2 rings (SSSR count). The van der Waals surface area contributed by atoms with E-state index in [-0.39, 0.29) is 0 Å². The van der Waals surface area contributed by atoms with E-state index < -0.39 is 0 Å². The molecule has 0 aliphatic carbocycles. The zero-order chi connectivity index (χ0) is 14.9. The summed E-state index contributed by atoms with van der Waals surface area (Å²) in [6.45, 7) is 7.44. The Morgan fingerprint density at radius 1 is 0.714 bits per heavy atom. The monoisotopic (exact) mass is 282 g/mol. The number of benzene rings is 2. The van der Waals surface area contributed by atoms with Crippen molar-refractivity contribution in [2.24, 2.45) is 0 Å². The zero-order valence-electron chi connectivity index (χ0n) is 11.8. The van der Waals surface area contributed by atoms with Gasteiger partial charge in [0, 0.05) is 16.2 Å². The van der Waals surface area contributed by atoms with Gasteiger partial charge in [-0.2, -0.15) is 0 Å². The van der Waals surface area contributed by atoms with E-state index in [2.05, 4.69) is 13.2 Å². The molecule has 0 heterocycles. The van der Waals surface area contributed by atoms with Gasteiger partial charge in [-0.05, 0) is 25.0 Å². The van der Waals surface area contributed by atoms with Crippen molar-refractivity contribution in [1.29, 1.82) is 0 Å². The second kappa shape index (κ2) is 7.92. The standard InChI is InChI=1S/C18H18O3/c1-3-9-15-11-5-7-13-17(15)19-21-20-18-14-8-6-12-16(18)10-4-2/h3-8,11-14H,1-2,9-10H2. The van der Waals surface area contributed by atoms with Gasteiger partial charge < -0.3 is 0 Å². The minimum Gasteiger partial charge on any atom is -0.299 e. The highest BCUT2D eigenvalue weighted by molar-refractivity contribution is 5.35. The lowest BCUT2D eigenvalue weighted by atomic mass is 10.1. The van der Waals surface area contributed by atoms with Crippen molar-refractivity contribution in [1.82, 2.24) is 0 Å². The van der Waals surface area contributed by atoms with Crippen LogP contribution in [0, 0.1) is 0 Å². The van der Waals surface area contributed by atoms with Gasteiger partial charge in [-0.1, -0.05) is 48.6 Å². The van der Waals surface area contributed by atoms with Crippen molar-refractivity contribution < 1.29 is 14.8 Å². The van der Waals surface area contributed by atoms with Gasteiger partial charge in [0.25, 0.3) is 0 Å². The van der Waals surface area contributed by atoms with Crippen LogP contribution in [0.1, 0.15) is 11.1 Å². The molecule has 0 saturated carbocycles. The quantitative estimate of drug-likeness (QED) is 0.407. The maximum absolute atomic E-state index is 5.23. The maximum Gasteiger partial charge on any atom is 0.173 e. The number of hydrogen-bond donors (Lipinski definition) is 0. The van der Waals surface area contributed by atoms with Gasteiger partial charge >= 0.3 is 0 Å². The van der Waals surface area contributed by atoms with Gasteiger partial charge in [-0.3, -0.25) is 9.78 Å². The van der Waals surface area contributed by atoms with E-state index in [0.717, 1.165) is 11.1 Å². The summed E-state index contributed by atoms with van der Waals surface area (Å²) in [5.41, 5.74) is 1.96. The maximum atomic E-state index is 5.23. The summed E-state index contributed by atoms with van der Waals surface area (Å²) in [7, 11) is 0. The van der Waals surface area contributed by atoms with Crippen LogP contribution in [0.5, 0.6) is 11.5 Å². The third kappa shape index (κ3) is 4.23. The molecule has 2 aromatic carbocycles. The lowest BCUT2D eigenvalue weighted by Gasteiger charge is -2.09. The third-order valence-electron chi connectivity index (χ3n) is 2.92. The molecule has 0 spiro atoms. The van der Waals surface area contributed by atoms with Crippen LogP contribution < -0.4 is 9.78 Å². The molecule has 0 aliphatic rings. The van der Waals surface area contributed by atoms with E-state index in [0.29, 0.717) is 24.3 Å². The molecule has 21 heavy (non-hydrogen) atoms. The average Bonchev–Trinajstić information content (AvgIpc) is 2.51. The molecule has 0 unspecified atom stereocenters. The molecule has 0 atom stereocenters. The predicted molar refractivity (Wildman–Crippen MR) is 83.0 cm³/mol. The van der Waals surface area contributed by atoms with Crippen molar-refractivity contribution in [3.63, 3.8) is 0 Å². The van der Waals surface area contributed by atoms with Crippen molar-refractivity contribution in [3.05, 3.63) is 85.0 Å². The SMILES string of the molecule is C=CCc1ccccc1OOOc1ccccc1CC=C. The molecule has 0 saturated heterocycles. The zero-order valence-corrected chi connectivity index (χ0v) is 11.8. The summed E-state index contributed by atoms with van der Waals surface area (Å²) in [6, 6.07) is 15.2. The van der Waals surface area contributed by atoms with E-state index in [1.807, 2.05) is 60.7 Å². The molecule has 3 heteroatoms. The Hall–Kier alpha value is -2.52. The predicted octanol–water partition coefficient (Wildman–Crippen LogP) is 4.45. The smallest absolute Gasteiger partial charge is 0.173 e. The van der Waals surface area contributed by atoms with Crippen LogP contribution in [-0.4, -0.2) is 0 Å². The molecule has 0 aromatic heterocycles. The van der Waals surface area contributed by atoms with Gasteiger partial charge in [-0.15, -0.1) is 13.2 Å². The van der Waals surface area contributed by atoms with Gasteiger partial charge in [-0.25, -0.2) is 0 Å². The molecule has 108 valence electrons. The Morgan fingerprint density at radius 3 is 1.57 bits per heavy atom. The van der Waals surface area contributed by atoms with Crippen LogP contribution in [-0.2, 0) is 17.9 Å². The van der Waals surface area contributed by atoms with Gasteiger partial charge in [0.05, 0.1) is 0 Å². The van der Waals surface area contributed by atoms with Crippen LogP contribution >= 0.6 is 0 Å². The summed E-state index contributed by atoms with van der Waals surface area (Å²) in [5.74, 6) is 1.22. The second-order valence-electron chi connectivity index (χ2n) is 4.44. The average molecular weight is 282 g/mol. The molecule has 0 radical (unpaired) electrons. The van der Waals surface area contributed by atoms with Crippen LogP contribution in [0.15, 0.2) is 73.8 Å². The lowest BCUT2D eigenvalue weighted by Crippen LogP contribution is -2.05. The minimum atomic E-state index is 0.610. The molecular weight excluding hydrogens is 264 g/mol. The first-order chi connectivity index (χ1) is 10.3. The van der Waals surface area contributed by atoms with Gasteiger partial charge in [0.1, 0.15) is 0 Å². The number of allylic oxidation sites excluding steroid dienone is 2. The van der Waals surface area contributed by atoms with E-state index in [1.54, 1.807) is 0 Å². The Labute approximate surface area is 124 Å². The van der Waals surface area contributed by atoms with Crippen LogP contribution in [0.3, 0.4) is 0 Å². The third-order valence-corrected chi connectivity index (χ3v) is 2.92. The fraction of sp³-hybridized carbons (Fsp3) is 0.111. The molecule has 2 aromatic rings. The van der Waals surface area contributed by atoms with Gasteiger partial charge in [0.15, 0.2) is 11.5 Å². The molecular formula is C18H18O3. The van der Waals surface area contributed by atoms with Gasteiger partial charge in [0.2, 0.25) is 0 Å². The van der Waals surface area contributed by atoms with Crippen molar-refractivity contribution in [2.45, 2.75) is 12.8 Å². The Bertz CT molecular complexity index is 551. The molecule has 0 N–H and O–H groups in total. The first-order valence-corrected chi connectivity index (χ1v) is 6.74. The van der Waals surface area contributed by atoms with Crippen molar-refractivity contribution in [3.8, 4) is 11.5 Å². The van der Waals surface area contributed by atoms with E-state index in [9.17, 15) is 0 Å². The topological polar surface area (TPSA) is 27.7 Å². The fourth-order valence-corrected chi connectivity index (χ4v) is 1.91. The first kappa shape index (κ1) is 14.9. The van der Waals surface area contributed by atoms with E-state index in [4.69, 9.17) is 14.8 Å². The van der Waals surface area contributed by atoms with E-state index in [1.165, 1.54) is 0 Å². The first-order valence-electron chi connectivity index (χ1n) is 6.74. The second-order valence-corrected chi connectivity index (χ2v) is 4.44. The summed E-state index contributed by atoms with van der Waals surface area (Å²) >= 11 is 0. The minimum absolute atomic E-state index is 0.610. The van der Waals surface area contributed by atoms with Crippen molar-refractivity contribution in [2.75, 3.05) is 0 Å². The summed E-state index contributed by atoms with van der Waals surface area (Å²) < 4.78 is 0. The molecule has 3 nitrogen and oxygen atoms in total. The van der Waals surface area contributed by atoms with E-state index >= 15 is 0 Å². The highest BCUT2D eigenvalue weighted by Gasteiger charge is 2.06. The van der Waals surface area contributed by atoms with Crippen molar-refractivity contribution >= 4 is 0 Å². The highest BCUT2D eigenvalue weighted by atomic mass is 17.5. The Balaban J connectivity index is 1.98. The Morgan fingerprint density at radius 2 is 1.14 bits per heavy atom. The summed E-state index contributed by atoms with van der Waals surface area (Å²) in [4.78, 5) is 10.5. The summed E-state index contributed by atoms with van der Waals surface area (Å²) in [6.07, 6.45) is 5.02. The van der Waals surface area contributed by atoms with Crippen LogP contribution in [0.25, 0.3) is 0 Å². The highest BCUT2D eigenvalue weighted by Crippen LogP contribution is 2.22. The normalized spacial score (nSPS) is 9.90. The number of para-hydroxylation sites is 2. The fourth-order valence-electron chi connectivity index (χ4n) is 1.91. The molecule has 0 fully saturated rings. The lowest BCUT2D eigenvalue weighted by molar-refractivity contribution is -0.411. The number of hydrogen-bond acceptors (Lipinski definition) is 3. The molecule has 0 amide bonds. The largest absolute Gasteiger partial charge is 0.299 e. The summed E-state index contributed by atoms with van der Waals surface area (Å²) in [5, 5.41) is 4.91. The number of rotatable bonds is 8. The molecule has 0 aliphatic heterocycles. The van der Waals surface area contributed by atoms with Crippen LogP contribution in [0.4, 0.5) is 0 Å². The van der Waals surface area contributed by atoms with Crippen LogP contribution in [0.2, 0.25) is 0 Å².